The Morgan fingerprint density at radius 3 is 2.38 bits per heavy atom. The number of fused-ring (bicyclic) bond motifs is 1. The van der Waals surface area contributed by atoms with Crippen molar-refractivity contribution in [1.82, 2.24) is 4.57 Å². The largest absolute Gasteiger partial charge is 0.319 e. The molecule has 0 saturated carbocycles. The molecular formula is C19H20N2O3S2. The van der Waals surface area contributed by atoms with Gasteiger partial charge in [0.2, 0.25) is 0 Å². The topological polar surface area (TPSA) is 68.5 Å². The summed E-state index contributed by atoms with van der Waals surface area (Å²) < 4.78 is 27.7. The molecule has 0 radical (unpaired) electrons. The van der Waals surface area contributed by atoms with Crippen LogP contribution in [0.5, 0.6) is 0 Å². The second kappa shape index (κ2) is 6.81. The van der Waals surface area contributed by atoms with E-state index in [1.54, 1.807) is 12.1 Å². The van der Waals surface area contributed by atoms with Gasteiger partial charge in [0.1, 0.15) is 5.75 Å². The lowest BCUT2D eigenvalue weighted by atomic mass is 10.1. The van der Waals surface area contributed by atoms with Crippen molar-refractivity contribution in [3.8, 4) is 0 Å². The van der Waals surface area contributed by atoms with Crippen LogP contribution in [0.25, 0.3) is 10.2 Å². The maximum absolute atomic E-state index is 12.4. The zero-order valence-electron chi connectivity index (χ0n) is 15.1. The smallest absolute Gasteiger partial charge is 0.263 e. The van der Waals surface area contributed by atoms with E-state index in [1.165, 1.54) is 23.5 Å². The van der Waals surface area contributed by atoms with Gasteiger partial charge in [-0.15, -0.1) is 0 Å². The van der Waals surface area contributed by atoms with Gasteiger partial charge in [-0.2, -0.15) is 4.99 Å². The van der Waals surface area contributed by atoms with Crippen LogP contribution in [0.2, 0.25) is 0 Å². The molecule has 7 heteroatoms. The van der Waals surface area contributed by atoms with Crippen molar-refractivity contribution in [3.63, 3.8) is 0 Å². The van der Waals surface area contributed by atoms with Crippen molar-refractivity contribution < 1.29 is 13.2 Å². The summed E-state index contributed by atoms with van der Waals surface area (Å²) in [4.78, 5) is 17.0. The molecule has 3 rings (SSSR count). The molecular weight excluding hydrogens is 368 g/mol. The number of rotatable bonds is 3. The summed E-state index contributed by atoms with van der Waals surface area (Å²) in [6, 6.07) is 10.5. The average Bonchev–Trinajstić information content (AvgIpc) is 2.87. The number of thiazole rings is 1. The Morgan fingerprint density at radius 2 is 1.73 bits per heavy atom. The van der Waals surface area contributed by atoms with Crippen LogP contribution in [-0.4, -0.2) is 24.6 Å². The van der Waals surface area contributed by atoms with E-state index in [-0.39, 0.29) is 4.90 Å². The first-order valence-electron chi connectivity index (χ1n) is 8.12. The predicted molar refractivity (Wildman–Crippen MR) is 104 cm³/mol. The highest BCUT2D eigenvalue weighted by molar-refractivity contribution is 7.92. The molecule has 0 bridgehead atoms. The molecule has 1 amide bonds. The van der Waals surface area contributed by atoms with Crippen molar-refractivity contribution in [2.24, 2.45) is 12.0 Å². The molecule has 2 aromatic carbocycles. The number of amides is 1. The van der Waals surface area contributed by atoms with E-state index >= 15 is 0 Å². The average molecular weight is 389 g/mol. The fourth-order valence-corrected chi connectivity index (χ4v) is 4.97. The van der Waals surface area contributed by atoms with Crippen LogP contribution in [-0.2, 0) is 21.7 Å². The number of hydrogen-bond acceptors (Lipinski definition) is 4. The molecule has 0 unspecified atom stereocenters. The summed E-state index contributed by atoms with van der Waals surface area (Å²) in [5, 5.41) is 0. The predicted octanol–water partition coefficient (Wildman–Crippen LogP) is 3.07. The highest BCUT2D eigenvalue weighted by Gasteiger charge is 2.19. The van der Waals surface area contributed by atoms with Crippen molar-refractivity contribution in [2.75, 3.05) is 5.75 Å². The molecule has 0 spiro atoms. The highest BCUT2D eigenvalue weighted by atomic mass is 32.2. The van der Waals surface area contributed by atoms with Crippen molar-refractivity contribution >= 4 is 37.3 Å². The van der Waals surface area contributed by atoms with Gasteiger partial charge in [0.25, 0.3) is 5.91 Å². The first-order valence-corrected chi connectivity index (χ1v) is 10.6. The maximum Gasteiger partial charge on any atom is 0.263 e. The molecule has 5 nitrogen and oxygen atoms in total. The molecule has 0 saturated heterocycles. The van der Waals surface area contributed by atoms with E-state index in [1.807, 2.05) is 44.5 Å². The van der Waals surface area contributed by atoms with E-state index in [9.17, 15) is 13.2 Å². The molecule has 3 aromatic rings. The third-order valence-electron chi connectivity index (χ3n) is 4.40. The Balaban J connectivity index is 1.97. The second-order valence-electron chi connectivity index (χ2n) is 6.38. The van der Waals surface area contributed by atoms with Gasteiger partial charge >= 0.3 is 0 Å². The van der Waals surface area contributed by atoms with Gasteiger partial charge < -0.3 is 4.57 Å². The number of sulfone groups is 1. The van der Waals surface area contributed by atoms with Crippen LogP contribution in [0.4, 0.5) is 0 Å². The summed E-state index contributed by atoms with van der Waals surface area (Å²) in [6.07, 6.45) is 0. The molecule has 1 heterocycles. The molecule has 0 aliphatic heterocycles. The number of carbonyl (C=O) groups is 1. The fourth-order valence-electron chi connectivity index (χ4n) is 2.77. The van der Waals surface area contributed by atoms with Crippen LogP contribution in [0.1, 0.15) is 16.7 Å². The van der Waals surface area contributed by atoms with Crippen molar-refractivity contribution in [2.45, 2.75) is 25.7 Å². The Labute approximate surface area is 156 Å². The van der Waals surface area contributed by atoms with Crippen LogP contribution in [0, 0.1) is 20.8 Å². The van der Waals surface area contributed by atoms with Crippen molar-refractivity contribution in [1.29, 1.82) is 0 Å². The molecule has 0 N–H and O–H groups in total. The lowest BCUT2D eigenvalue weighted by Gasteiger charge is -2.03. The quantitative estimate of drug-likeness (QED) is 0.692. The van der Waals surface area contributed by atoms with E-state index in [0.717, 1.165) is 26.9 Å². The summed E-state index contributed by atoms with van der Waals surface area (Å²) >= 11 is 1.38. The number of hydrogen-bond donors (Lipinski definition) is 0. The molecule has 1 aromatic heterocycles. The van der Waals surface area contributed by atoms with Gasteiger partial charge in [0.15, 0.2) is 14.6 Å². The molecule has 136 valence electrons. The highest BCUT2D eigenvalue weighted by Crippen LogP contribution is 2.23. The van der Waals surface area contributed by atoms with Gasteiger partial charge in [-0.3, -0.25) is 4.79 Å². The third kappa shape index (κ3) is 3.50. The molecule has 0 fully saturated rings. The number of aromatic nitrogens is 1. The SMILES string of the molecule is Cc1ccc(S(=O)(=O)CC(=O)N=c2sc3ccc(C)c(C)c3n2C)cc1. The third-order valence-corrected chi connectivity index (χ3v) is 7.12. The van der Waals surface area contributed by atoms with Gasteiger partial charge in [-0.25, -0.2) is 8.42 Å². The van der Waals surface area contributed by atoms with E-state index in [0.29, 0.717) is 4.80 Å². The molecule has 0 aliphatic carbocycles. The van der Waals surface area contributed by atoms with Crippen LogP contribution in [0.15, 0.2) is 46.3 Å². The molecule has 0 atom stereocenters. The van der Waals surface area contributed by atoms with Crippen molar-refractivity contribution in [3.05, 3.63) is 57.9 Å². The minimum atomic E-state index is -3.70. The van der Waals surface area contributed by atoms with Crippen LogP contribution in [0.3, 0.4) is 0 Å². The van der Waals surface area contributed by atoms with E-state index in [4.69, 9.17) is 0 Å². The minimum absolute atomic E-state index is 0.138. The van der Waals surface area contributed by atoms with E-state index < -0.39 is 21.5 Å². The Hall–Kier alpha value is -2.25. The van der Waals surface area contributed by atoms with Crippen LogP contribution < -0.4 is 4.80 Å². The van der Waals surface area contributed by atoms with Crippen LogP contribution >= 0.6 is 11.3 Å². The lowest BCUT2D eigenvalue weighted by molar-refractivity contribution is -0.115. The second-order valence-corrected chi connectivity index (χ2v) is 9.37. The summed E-state index contributed by atoms with van der Waals surface area (Å²) in [5.74, 6) is -1.30. The summed E-state index contributed by atoms with van der Waals surface area (Å²) in [7, 11) is -1.86. The Kier molecular flexibility index (Phi) is 4.86. The standard InChI is InChI=1S/C19H20N2O3S2/c1-12-5-8-15(9-6-12)26(23,24)11-17(22)20-19-21(4)18-14(3)13(2)7-10-16(18)25-19/h5-10H,11H2,1-4H3. The Bertz CT molecular complexity index is 1170. The zero-order valence-corrected chi connectivity index (χ0v) is 16.7. The number of benzene rings is 2. The Morgan fingerprint density at radius 1 is 1.08 bits per heavy atom. The number of aryl methyl sites for hydroxylation is 4. The van der Waals surface area contributed by atoms with Gasteiger partial charge in [0.05, 0.1) is 15.1 Å². The first kappa shape index (κ1) is 18.5. The van der Waals surface area contributed by atoms with E-state index in [2.05, 4.69) is 4.99 Å². The summed E-state index contributed by atoms with van der Waals surface area (Å²) in [6.45, 7) is 5.93. The fraction of sp³-hybridized carbons (Fsp3) is 0.263. The monoisotopic (exact) mass is 388 g/mol. The molecule has 26 heavy (non-hydrogen) atoms. The number of carbonyl (C=O) groups excluding carboxylic acids is 1. The zero-order chi connectivity index (χ0) is 19.1. The minimum Gasteiger partial charge on any atom is -0.319 e. The number of nitrogens with zero attached hydrogens (tertiary/aromatic N) is 2. The van der Waals surface area contributed by atoms with Gasteiger partial charge in [0, 0.05) is 7.05 Å². The van der Waals surface area contributed by atoms with Gasteiger partial charge in [-0.05, 0) is 50.1 Å². The molecule has 0 aliphatic rings. The van der Waals surface area contributed by atoms with Gasteiger partial charge in [-0.1, -0.05) is 35.1 Å². The lowest BCUT2D eigenvalue weighted by Crippen LogP contribution is -2.19. The normalized spacial score (nSPS) is 12.7. The first-order chi connectivity index (χ1) is 12.2. The summed E-state index contributed by atoms with van der Waals surface area (Å²) in [5.41, 5.74) is 4.26. The maximum atomic E-state index is 12.4.